The van der Waals surface area contributed by atoms with Gasteiger partial charge >= 0.3 is 5.97 Å². The van der Waals surface area contributed by atoms with Gasteiger partial charge in [0.05, 0.1) is 17.2 Å². The van der Waals surface area contributed by atoms with Crippen LogP contribution in [0.2, 0.25) is 5.02 Å². The van der Waals surface area contributed by atoms with Gasteiger partial charge in [-0.1, -0.05) is 23.7 Å². The quantitative estimate of drug-likeness (QED) is 0.800. The summed E-state index contributed by atoms with van der Waals surface area (Å²) in [5.41, 5.74) is 0.348. The molecule has 0 aliphatic heterocycles. The summed E-state index contributed by atoms with van der Waals surface area (Å²) < 4.78 is 10.3. The molecule has 1 N–H and O–H groups in total. The minimum Gasteiger partial charge on any atom is -0.482 e. The van der Waals surface area contributed by atoms with Crippen LogP contribution >= 0.6 is 22.9 Å². The highest BCUT2D eigenvalue weighted by Crippen LogP contribution is 2.28. The van der Waals surface area contributed by atoms with Gasteiger partial charge in [-0.3, -0.25) is 4.79 Å². The van der Waals surface area contributed by atoms with E-state index in [1.807, 2.05) is 6.92 Å². The van der Waals surface area contributed by atoms with E-state index in [0.717, 1.165) is 4.88 Å². The average Bonchev–Trinajstić information content (AvgIpc) is 2.87. The molecule has 2 aromatic rings. The Morgan fingerprint density at radius 2 is 2.04 bits per heavy atom. The van der Waals surface area contributed by atoms with Crippen molar-refractivity contribution >= 4 is 39.8 Å². The number of carbonyl (C=O) groups is 2. The average molecular weight is 354 g/mol. The van der Waals surface area contributed by atoms with Gasteiger partial charge in [-0.15, -0.1) is 11.3 Å². The summed E-state index contributed by atoms with van der Waals surface area (Å²) in [6.45, 7) is 3.65. The van der Waals surface area contributed by atoms with Crippen molar-refractivity contribution < 1.29 is 19.1 Å². The van der Waals surface area contributed by atoms with Gasteiger partial charge in [0, 0.05) is 4.88 Å². The van der Waals surface area contributed by atoms with E-state index in [2.05, 4.69) is 5.32 Å². The van der Waals surface area contributed by atoms with Gasteiger partial charge < -0.3 is 14.8 Å². The van der Waals surface area contributed by atoms with Crippen LogP contribution in [-0.4, -0.2) is 25.1 Å². The predicted molar refractivity (Wildman–Crippen MR) is 90.6 cm³/mol. The largest absolute Gasteiger partial charge is 0.482 e. The number of ether oxygens (including phenoxy) is 2. The third kappa shape index (κ3) is 4.71. The standard InChI is InChI=1S/C16H16ClNO4S/c1-3-21-16(20)11-8-10(2)23-15(11)18-14(19)9-22-13-7-5-4-6-12(13)17/h4-8H,3,9H2,1-2H3,(H,18,19). The summed E-state index contributed by atoms with van der Waals surface area (Å²) in [7, 11) is 0. The number of rotatable bonds is 6. The Kier molecular flexibility index (Phi) is 6.01. The van der Waals surface area contributed by atoms with Crippen LogP contribution in [0.25, 0.3) is 0 Å². The maximum Gasteiger partial charge on any atom is 0.341 e. The summed E-state index contributed by atoms with van der Waals surface area (Å²) in [4.78, 5) is 24.8. The second-order valence-corrected chi connectivity index (χ2v) is 6.25. The molecule has 1 aromatic heterocycles. The second kappa shape index (κ2) is 7.99. The molecule has 1 heterocycles. The molecule has 0 atom stereocenters. The summed E-state index contributed by atoms with van der Waals surface area (Å²) in [6.07, 6.45) is 0. The number of benzene rings is 1. The number of nitrogens with one attached hydrogen (secondary N) is 1. The first-order valence-electron chi connectivity index (χ1n) is 6.96. The Bertz CT molecular complexity index is 714. The first-order chi connectivity index (χ1) is 11.0. The Balaban J connectivity index is 2.00. The predicted octanol–water partition coefficient (Wildman–Crippen LogP) is 3.90. The normalized spacial score (nSPS) is 10.2. The maximum atomic E-state index is 12.0. The number of esters is 1. The monoisotopic (exact) mass is 353 g/mol. The molecule has 0 unspecified atom stereocenters. The molecule has 0 saturated heterocycles. The van der Waals surface area contributed by atoms with Crippen molar-refractivity contribution in [3.05, 3.63) is 45.8 Å². The molecular weight excluding hydrogens is 338 g/mol. The van der Waals surface area contributed by atoms with Crippen LogP contribution in [-0.2, 0) is 9.53 Å². The SMILES string of the molecule is CCOC(=O)c1cc(C)sc1NC(=O)COc1ccccc1Cl. The van der Waals surface area contributed by atoms with Crippen molar-refractivity contribution in [1.82, 2.24) is 0 Å². The highest BCUT2D eigenvalue weighted by Gasteiger charge is 2.18. The first kappa shape index (κ1) is 17.3. The number of halogens is 1. The lowest BCUT2D eigenvalue weighted by molar-refractivity contribution is -0.118. The molecule has 2 rings (SSSR count). The van der Waals surface area contributed by atoms with Crippen molar-refractivity contribution in [1.29, 1.82) is 0 Å². The number of anilines is 1. The van der Waals surface area contributed by atoms with Gasteiger partial charge in [0.25, 0.3) is 5.91 Å². The van der Waals surface area contributed by atoms with Crippen LogP contribution in [0.15, 0.2) is 30.3 Å². The minimum absolute atomic E-state index is 0.205. The van der Waals surface area contributed by atoms with Gasteiger partial charge in [-0.2, -0.15) is 0 Å². The summed E-state index contributed by atoms with van der Waals surface area (Å²) in [5, 5.41) is 3.55. The summed E-state index contributed by atoms with van der Waals surface area (Å²) >= 11 is 7.26. The molecule has 0 aliphatic rings. The zero-order valence-electron chi connectivity index (χ0n) is 12.7. The first-order valence-corrected chi connectivity index (χ1v) is 8.15. The molecule has 1 aromatic carbocycles. The molecule has 23 heavy (non-hydrogen) atoms. The van der Waals surface area contributed by atoms with Gasteiger partial charge in [-0.25, -0.2) is 4.79 Å². The molecule has 122 valence electrons. The number of thiophene rings is 1. The van der Waals surface area contributed by atoms with Crippen LogP contribution in [0.4, 0.5) is 5.00 Å². The lowest BCUT2D eigenvalue weighted by Gasteiger charge is -2.08. The van der Waals surface area contributed by atoms with Crippen molar-refractivity contribution in [2.24, 2.45) is 0 Å². The lowest BCUT2D eigenvalue weighted by atomic mass is 10.3. The molecule has 0 radical (unpaired) electrons. The smallest absolute Gasteiger partial charge is 0.341 e. The van der Waals surface area contributed by atoms with Gasteiger partial charge in [0.1, 0.15) is 10.8 Å². The third-order valence-electron chi connectivity index (χ3n) is 2.80. The van der Waals surface area contributed by atoms with Crippen molar-refractivity contribution in [3.8, 4) is 5.75 Å². The van der Waals surface area contributed by atoms with Gasteiger partial charge in [-0.05, 0) is 32.0 Å². The highest BCUT2D eigenvalue weighted by atomic mass is 35.5. The molecular formula is C16H16ClNO4S. The zero-order chi connectivity index (χ0) is 16.8. The molecule has 0 aliphatic carbocycles. The van der Waals surface area contributed by atoms with Crippen LogP contribution in [0.5, 0.6) is 5.75 Å². The van der Waals surface area contributed by atoms with Crippen molar-refractivity contribution in [3.63, 3.8) is 0 Å². The minimum atomic E-state index is -0.459. The Hall–Kier alpha value is -2.05. The van der Waals surface area contributed by atoms with Crippen LogP contribution in [0.1, 0.15) is 22.2 Å². The fraction of sp³-hybridized carbons (Fsp3) is 0.250. The molecule has 5 nitrogen and oxygen atoms in total. The van der Waals surface area contributed by atoms with E-state index in [1.165, 1.54) is 11.3 Å². The Labute approximate surface area is 143 Å². The van der Waals surface area contributed by atoms with Crippen LogP contribution in [0.3, 0.4) is 0 Å². The van der Waals surface area contributed by atoms with Crippen LogP contribution < -0.4 is 10.1 Å². The molecule has 0 fully saturated rings. The molecule has 0 spiro atoms. The number of amides is 1. The maximum absolute atomic E-state index is 12.0. The second-order valence-electron chi connectivity index (χ2n) is 4.59. The van der Waals surface area contributed by atoms with E-state index < -0.39 is 5.97 Å². The van der Waals surface area contributed by atoms with E-state index in [-0.39, 0.29) is 19.1 Å². The van der Waals surface area contributed by atoms with Crippen LogP contribution in [0, 0.1) is 6.92 Å². The third-order valence-corrected chi connectivity index (χ3v) is 4.08. The van der Waals surface area contributed by atoms with E-state index in [9.17, 15) is 9.59 Å². The van der Waals surface area contributed by atoms with E-state index in [4.69, 9.17) is 21.1 Å². The fourth-order valence-corrected chi connectivity index (χ4v) is 2.94. The lowest BCUT2D eigenvalue weighted by Crippen LogP contribution is -2.21. The number of aryl methyl sites for hydroxylation is 1. The summed E-state index contributed by atoms with van der Waals surface area (Å²) in [6, 6.07) is 8.58. The number of hydrogen-bond acceptors (Lipinski definition) is 5. The highest BCUT2D eigenvalue weighted by molar-refractivity contribution is 7.16. The summed E-state index contributed by atoms with van der Waals surface area (Å²) in [5.74, 6) is -0.409. The Morgan fingerprint density at radius 1 is 1.30 bits per heavy atom. The molecule has 7 heteroatoms. The van der Waals surface area contributed by atoms with Crippen molar-refractivity contribution in [2.45, 2.75) is 13.8 Å². The van der Waals surface area contributed by atoms with Gasteiger partial charge in [0.15, 0.2) is 6.61 Å². The number of carbonyl (C=O) groups excluding carboxylic acids is 2. The van der Waals surface area contributed by atoms with Gasteiger partial charge in [0.2, 0.25) is 0 Å². The fourth-order valence-electron chi connectivity index (χ4n) is 1.84. The van der Waals surface area contributed by atoms with E-state index in [1.54, 1.807) is 37.3 Å². The topological polar surface area (TPSA) is 64.6 Å². The molecule has 0 saturated carbocycles. The van der Waals surface area contributed by atoms with E-state index in [0.29, 0.717) is 21.3 Å². The molecule has 1 amide bonds. The Morgan fingerprint density at radius 3 is 2.74 bits per heavy atom. The van der Waals surface area contributed by atoms with Crippen molar-refractivity contribution in [2.75, 3.05) is 18.5 Å². The molecule has 0 bridgehead atoms. The number of hydrogen-bond donors (Lipinski definition) is 1. The number of para-hydroxylation sites is 1. The zero-order valence-corrected chi connectivity index (χ0v) is 14.3. The van der Waals surface area contributed by atoms with E-state index >= 15 is 0 Å².